The monoisotopic (exact) mass is 472 g/mol. The molecule has 3 aromatic rings. The van der Waals surface area contributed by atoms with Crippen LogP contribution in [0.2, 0.25) is 0 Å². The Kier molecular flexibility index (Phi) is 8.70. The fraction of sp³-hybridized carbons (Fsp3) is 0.286. The van der Waals surface area contributed by atoms with Crippen molar-refractivity contribution in [2.75, 3.05) is 18.7 Å². The first-order chi connectivity index (χ1) is 13.9. The number of nitrogens with zero attached hydrogens (tertiary/aromatic N) is 1. The zero-order chi connectivity index (χ0) is 21.3. The average molecular weight is 473 g/mol. The molecule has 0 saturated heterocycles. The summed E-state index contributed by atoms with van der Waals surface area (Å²) in [7, 11) is 0. The molecule has 0 aliphatic carbocycles. The van der Waals surface area contributed by atoms with E-state index in [2.05, 4.69) is 20.9 Å². The largest absolute Gasteiger partial charge is 0.416 e. The van der Waals surface area contributed by atoms with Gasteiger partial charge in [0.2, 0.25) is 0 Å². The zero-order valence-corrected chi connectivity index (χ0v) is 17.1. The van der Waals surface area contributed by atoms with Gasteiger partial charge in [0.05, 0.1) is 17.7 Å². The van der Waals surface area contributed by atoms with E-state index in [1.807, 2.05) is 30.5 Å². The number of amides is 1. The third kappa shape index (κ3) is 6.88. The molecule has 1 heterocycles. The van der Waals surface area contributed by atoms with Crippen LogP contribution in [0, 0.1) is 0 Å². The van der Waals surface area contributed by atoms with E-state index >= 15 is 0 Å². The lowest BCUT2D eigenvalue weighted by Gasteiger charge is -2.19. The van der Waals surface area contributed by atoms with Crippen LogP contribution in [-0.2, 0) is 6.18 Å². The molecular weight excluding hydrogens is 452 g/mol. The summed E-state index contributed by atoms with van der Waals surface area (Å²) in [5, 5.41) is 1.02. The molecule has 0 bridgehead atoms. The van der Waals surface area contributed by atoms with Gasteiger partial charge in [0.25, 0.3) is 5.91 Å². The van der Waals surface area contributed by atoms with Crippen molar-refractivity contribution in [2.24, 2.45) is 0 Å². The Bertz CT molecular complexity index is 896. The van der Waals surface area contributed by atoms with Gasteiger partial charge in [-0.25, -0.2) is 0 Å². The normalized spacial score (nSPS) is 11.1. The molecule has 156 valence electrons. The summed E-state index contributed by atoms with van der Waals surface area (Å²) >= 11 is 3.31. The van der Waals surface area contributed by atoms with Crippen molar-refractivity contribution < 1.29 is 22.4 Å². The van der Waals surface area contributed by atoms with Crippen molar-refractivity contribution in [3.05, 3.63) is 71.9 Å². The fourth-order valence-electron chi connectivity index (χ4n) is 2.61. The van der Waals surface area contributed by atoms with Crippen LogP contribution in [-0.4, -0.2) is 34.5 Å². The number of unbranched alkanes of at least 4 members (excludes halogenated alkanes) is 1. The molecule has 1 aromatic heterocycles. The quantitative estimate of drug-likeness (QED) is 0.191. The number of hydrogen-bond donors (Lipinski definition) is 1. The Balaban J connectivity index is 0.000000253. The van der Waals surface area contributed by atoms with Gasteiger partial charge in [-0.15, -0.1) is 0 Å². The maximum atomic E-state index is 12.3. The van der Waals surface area contributed by atoms with Crippen molar-refractivity contribution in [2.45, 2.75) is 19.0 Å². The van der Waals surface area contributed by atoms with Gasteiger partial charge in [0, 0.05) is 29.2 Å². The summed E-state index contributed by atoms with van der Waals surface area (Å²) in [5.74, 6) is -0.0289. The van der Waals surface area contributed by atoms with Crippen molar-refractivity contribution in [1.29, 1.82) is 0 Å². The van der Waals surface area contributed by atoms with Crippen LogP contribution in [0.3, 0.4) is 0 Å². The fourth-order valence-corrected chi connectivity index (χ4v) is 3.09. The number of H-pyrrole nitrogens is 1. The van der Waals surface area contributed by atoms with E-state index in [-0.39, 0.29) is 12.6 Å². The molecule has 1 amide bonds. The van der Waals surface area contributed by atoms with Crippen molar-refractivity contribution in [3.63, 3.8) is 0 Å². The number of halogens is 5. The summed E-state index contributed by atoms with van der Waals surface area (Å²) in [6.07, 6.45) is -1.18. The van der Waals surface area contributed by atoms with Gasteiger partial charge in [-0.2, -0.15) is 13.2 Å². The van der Waals surface area contributed by atoms with Gasteiger partial charge < -0.3 is 9.88 Å². The van der Waals surface area contributed by atoms with Gasteiger partial charge in [0.1, 0.15) is 0 Å². The molecular formula is C21H21BrF4N2O. The number of carbonyl (C=O) groups is 1. The lowest BCUT2D eigenvalue weighted by atomic mass is 10.1. The lowest BCUT2D eigenvalue weighted by molar-refractivity contribution is -0.137. The molecule has 0 aliphatic rings. The first kappa shape index (κ1) is 22.9. The van der Waals surface area contributed by atoms with E-state index in [1.54, 1.807) is 11.0 Å². The Morgan fingerprint density at radius 2 is 1.76 bits per heavy atom. The number of alkyl halides is 5. The Hall–Kier alpha value is -2.35. The lowest BCUT2D eigenvalue weighted by Crippen LogP contribution is -2.30. The van der Waals surface area contributed by atoms with E-state index in [9.17, 15) is 22.4 Å². The third-order valence-corrected chi connectivity index (χ3v) is 4.75. The second kappa shape index (κ2) is 11.0. The molecule has 0 radical (unpaired) electrons. The smallest absolute Gasteiger partial charge is 0.361 e. The molecule has 29 heavy (non-hydrogen) atoms. The van der Waals surface area contributed by atoms with Crippen LogP contribution in [0.1, 0.15) is 28.8 Å². The number of hydrogen-bond acceptors (Lipinski definition) is 1. The standard InChI is InChI=1S/C14H16BrFN2O.C7H5F3/c15-10-18(8-2-1-6-16)14(19)12-3-4-13-11(9-12)5-7-17-13;8-7(9,10)6-4-2-1-3-5-6/h3-5,7,9,17H,1-2,6,8,10H2;1-5H. The number of rotatable bonds is 6. The maximum Gasteiger partial charge on any atom is 0.416 e. The molecule has 1 N–H and O–H groups in total. The zero-order valence-electron chi connectivity index (χ0n) is 15.6. The molecule has 3 rings (SSSR count). The molecule has 2 aromatic carbocycles. The topological polar surface area (TPSA) is 36.1 Å². The second-order valence-electron chi connectivity index (χ2n) is 6.23. The minimum Gasteiger partial charge on any atom is -0.361 e. The highest BCUT2D eigenvalue weighted by Gasteiger charge is 2.29. The molecule has 0 unspecified atom stereocenters. The van der Waals surface area contributed by atoms with E-state index < -0.39 is 11.7 Å². The van der Waals surface area contributed by atoms with E-state index in [0.29, 0.717) is 30.4 Å². The van der Waals surface area contributed by atoms with Crippen LogP contribution in [0.15, 0.2) is 60.8 Å². The summed E-state index contributed by atoms with van der Waals surface area (Å²) < 4.78 is 47.5. The first-order valence-electron chi connectivity index (χ1n) is 8.97. The number of benzene rings is 2. The van der Waals surface area contributed by atoms with Gasteiger partial charge >= 0.3 is 6.18 Å². The van der Waals surface area contributed by atoms with Crippen LogP contribution >= 0.6 is 15.9 Å². The van der Waals surface area contributed by atoms with Crippen molar-refractivity contribution in [1.82, 2.24) is 9.88 Å². The molecule has 0 atom stereocenters. The van der Waals surface area contributed by atoms with Gasteiger partial charge in [-0.3, -0.25) is 9.18 Å². The number of aromatic amines is 1. The highest BCUT2D eigenvalue weighted by Crippen LogP contribution is 2.28. The average Bonchev–Trinajstić information content (AvgIpc) is 3.19. The molecule has 3 nitrogen and oxygen atoms in total. The number of nitrogens with one attached hydrogen (secondary N) is 1. The Morgan fingerprint density at radius 3 is 2.34 bits per heavy atom. The highest BCUT2D eigenvalue weighted by atomic mass is 79.9. The summed E-state index contributed by atoms with van der Waals surface area (Å²) in [6.45, 7) is 0.235. The van der Waals surface area contributed by atoms with E-state index in [4.69, 9.17) is 0 Å². The van der Waals surface area contributed by atoms with Crippen LogP contribution in [0.25, 0.3) is 10.9 Å². The SMILES string of the molecule is FC(F)(F)c1ccccc1.O=C(c1ccc2[nH]ccc2c1)N(CBr)CCCCF. The molecule has 8 heteroatoms. The molecule has 0 spiro atoms. The van der Waals surface area contributed by atoms with Crippen molar-refractivity contribution >= 4 is 32.7 Å². The van der Waals surface area contributed by atoms with Crippen LogP contribution < -0.4 is 0 Å². The third-order valence-electron chi connectivity index (χ3n) is 4.14. The summed E-state index contributed by atoms with van der Waals surface area (Å²) in [6, 6.07) is 13.9. The molecule has 0 fully saturated rings. The van der Waals surface area contributed by atoms with Crippen LogP contribution in [0.5, 0.6) is 0 Å². The van der Waals surface area contributed by atoms with Crippen molar-refractivity contribution in [3.8, 4) is 0 Å². The summed E-state index contributed by atoms with van der Waals surface area (Å²) in [4.78, 5) is 17.1. The van der Waals surface area contributed by atoms with Gasteiger partial charge in [0.15, 0.2) is 0 Å². The molecule has 0 aliphatic heterocycles. The Morgan fingerprint density at radius 1 is 1.03 bits per heavy atom. The van der Waals surface area contributed by atoms with Gasteiger partial charge in [-0.1, -0.05) is 46.3 Å². The van der Waals surface area contributed by atoms with E-state index in [1.165, 1.54) is 12.1 Å². The highest BCUT2D eigenvalue weighted by molar-refractivity contribution is 9.09. The van der Waals surface area contributed by atoms with Crippen LogP contribution in [0.4, 0.5) is 17.6 Å². The van der Waals surface area contributed by atoms with E-state index in [0.717, 1.165) is 23.0 Å². The number of carbonyl (C=O) groups excluding carboxylic acids is 1. The minimum atomic E-state index is -4.21. The Labute approximate surface area is 174 Å². The maximum absolute atomic E-state index is 12.3. The first-order valence-corrected chi connectivity index (χ1v) is 10.1. The number of aromatic nitrogens is 1. The minimum absolute atomic E-state index is 0.0289. The molecule has 0 saturated carbocycles. The number of fused-ring (bicyclic) bond motifs is 1. The predicted octanol–water partition coefficient (Wildman–Crippen LogP) is 6.42. The predicted molar refractivity (Wildman–Crippen MR) is 110 cm³/mol. The van der Waals surface area contributed by atoms with Gasteiger partial charge in [-0.05, 0) is 37.1 Å². The summed E-state index contributed by atoms with van der Waals surface area (Å²) in [5.41, 5.74) is 1.53. The second-order valence-corrected chi connectivity index (χ2v) is 6.73.